The predicted octanol–water partition coefficient (Wildman–Crippen LogP) is 11.1. The summed E-state index contributed by atoms with van der Waals surface area (Å²) in [6, 6.07) is 28.8. The van der Waals surface area contributed by atoms with E-state index < -0.39 is 29.4 Å². The first kappa shape index (κ1) is 51.6. The molecule has 1 aliphatic heterocycles. The quantitative estimate of drug-likeness (QED) is 0.0773. The molecule has 368 valence electrons. The molecular weight excluding hydrogens is 910 g/mol. The van der Waals surface area contributed by atoms with Crippen molar-refractivity contribution in [3.05, 3.63) is 135 Å². The molecule has 5 atom stereocenters. The Labute approximate surface area is 418 Å². The summed E-state index contributed by atoms with van der Waals surface area (Å²) >= 11 is 12.9. The molecular formula is C56H69Cl2N5O6. The van der Waals surface area contributed by atoms with E-state index in [9.17, 15) is 14.7 Å². The number of benzene rings is 4. The lowest BCUT2D eigenvalue weighted by atomic mass is 9.83. The van der Waals surface area contributed by atoms with Crippen LogP contribution in [0.5, 0.6) is 11.5 Å². The number of aryl methyl sites for hydroxylation is 2. The minimum atomic E-state index is -1.01. The van der Waals surface area contributed by atoms with Crippen LogP contribution >= 0.6 is 23.2 Å². The summed E-state index contributed by atoms with van der Waals surface area (Å²) in [6.07, 6.45) is 7.36. The maximum absolute atomic E-state index is 15.1. The van der Waals surface area contributed by atoms with Crippen LogP contribution in [0.2, 0.25) is 10.0 Å². The van der Waals surface area contributed by atoms with Crippen molar-refractivity contribution in [3.63, 3.8) is 0 Å². The molecule has 2 heterocycles. The van der Waals surface area contributed by atoms with E-state index in [0.29, 0.717) is 47.2 Å². The molecule has 11 nitrogen and oxygen atoms in total. The zero-order valence-electron chi connectivity index (χ0n) is 41.3. The van der Waals surface area contributed by atoms with E-state index in [2.05, 4.69) is 41.6 Å². The number of amides is 2. The van der Waals surface area contributed by atoms with Crippen LogP contribution in [0, 0.1) is 17.8 Å². The van der Waals surface area contributed by atoms with Crippen molar-refractivity contribution >= 4 is 41.0 Å². The van der Waals surface area contributed by atoms with Crippen molar-refractivity contribution in [2.24, 2.45) is 24.8 Å². The van der Waals surface area contributed by atoms with Gasteiger partial charge in [-0.3, -0.25) is 19.3 Å². The summed E-state index contributed by atoms with van der Waals surface area (Å²) in [7, 11) is 5.60. The number of carboxylic acid groups (broad SMARTS) is 1. The highest BCUT2D eigenvalue weighted by molar-refractivity contribution is 6.31. The Kier molecular flexibility index (Phi) is 17.3. The largest absolute Gasteiger partial charge is 0.481 e. The number of fused-ring (bicyclic) bond motifs is 1. The van der Waals surface area contributed by atoms with Crippen molar-refractivity contribution in [3.8, 4) is 22.8 Å². The number of aliphatic carboxylic acids is 1. The van der Waals surface area contributed by atoms with Gasteiger partial charge in [-0.2, -0.15) is 0 Å². The van der Waals surface area contributed by atoms with Gasteiger partial charge in [0.1, 0.15) is 17.3 Å². The van der Waals surface area contributed by atoms with Crippen molar-refractivity contribution in [2.45, 2.75) is 103 Å². The average molecular weight is 979 g/mol. The number of hydrogen-bond acceptors (Lipinski definition) is 7. The van der Waals surface area contributed by atoms with Crippen molar-refractivity contribution in [2.75, 3.05) is 40.3 Å². The van der Waals surface area contributed by atoms with Crippen LogP contribution in [0.25, 0.3) is 11.3 Å². The van der Waals surface area contributed by atoms with Gasteiger partial charge in [0.25, 0.3) is 0 Å². The van der Waals surface area contributed by atoms with Gasteiger partial charge in [0.05, 0.1) is 54.9 Å². The number of likely N-dealkylation sites (N-methyl/N-ethyl adjacent to an activating group) is 2. The second-order valence-electron chi connectivity index (χ2n) is 20.2. The van der Waals surface area contributed by atoms with E-state index in [-0.39, 0.29) is 43.2 Å². The first-order valence-electron chi connectivity index (χ1n) is 24.4. The number of carbonyl (C=O) groups is 3. The number of carbonyl (C=O) groups excluding carboxylic acids is 2. The molecule has 0 bridgehead atoms. The topological polar surface area (TPSA) is 117 Å². The fourth-order valence-electron chi connectivity index (χ4n) is 10.0. The van der Waals surface area contributed by atoms with Crippen LogP contribution in [0.1, 0.15) is 93.8 Å². The summed E-state index contributed by atoms with van der Waals surface area (Å²) in [5, 5.41) is 11.2. The lowest BCUT2D eigenvalue weighted by molar-refractivity contribution is -0.147. The molecule has 1 saturated heterocycles. The van der Waals surface area contributed by atoms with Crippen molar-refractivity contribution < 1.29 is 29.0 Å². The maximum atomic E-state index is 15.1. The van der Waals surface area contributed by atoms with Crippen LogP contribution in [-0.4, -0.2) is 99.1 Å². The van der Waals surface area contributed by atoms with Crippen LogP contribution in [-0.2, 0) is 52.0 Å². The van der Waals surface area contributed by atoms with Gasteiger partial charge >= 0.3 is 5.97 Å². The van der Waals surface area contributed by atoms with E-state index in [1.807, 2.05) is 99.8 Å². The summed E-state index contributed by atoms with van der Waals surface area (Å²) in [5.74, 6) is -0.562. The molecule has 2 amide bonds. The van der Waals surface area contributed by atoms with E-state index in [1.165, 1.54) is 12.8 Å². The van der Waals surface area contributed by atoms with E-state index in [0.717, 1.165) is 65.4 Å². The third kappa shape index (κ3) is 13.6. The molecule has 1 aliphatic carbocycles. The monoisotopic (exact) mass is 977 g/mol. The number of nitrogens with zero attached hydrogens (tertiary/aromatic N) is 5. The second-order valence-corrected chi connectivity index (χ2v) is 21.1. The molecule has 0 spiro atoms. The van der Waals surface area contributed by atoms with Crippen LogP contribution in [0.4, 0.5) is 0 Å². The summed E-state index contributed by atoms with van der Waals surface area (Å²) in [6.45, 7) is 11.5. The van der Waals surface area contributed by atoms with E-state index in [1.54, 1.807) is 23.9 Å². The van der Waals surface area contributed by atoms with Gasteiger partial charge in [0.2, 0.25) is 11.8 Å². The molecule has 13 heteroatoms. The SMILES string of the molecule is C[C@H](CCc1ccc(Cl)cc1Oc1ccc(-c2cnc(CN3CCCC3)n2C)cc1)[C@@H](COC(C)(C)C)C(=O)N(C)[C@H](Cc1ccc(Cl)cc1)CN(C)C(=O)[C@@H](CC(=O)O)[C@H]1CCc2ccccc21. The smallest absolute Gasteiger partial charge is 0.304 e. The van der Waals surface area contributed by atoms with Gasteiger partial charge in [-0.25, -0.2) is 4.98 Å². The Hall–Kier alpha value is -5.20. The predicted molar refractivity (Wildman–Crippen MR) is 274 cm³/mol. The highest BCUT2D eigenvalue weighted by Gasteiger charge is 2.39. The number of carboxylic acids is 1. The fourth-order valence-corrected chi connectivity index (χ4v) is 10.3. The molecule has 1 aromatic heterocycles. The zero-order valence-corrected chi connectivity index (χ0v) is 42.8. The number of hydrogen-bond donors (Lipinski definition) is 1. The Morgan fingerprint density at radius 2 is 1.61 bits per heavy atom. The minimum Gasteiger partial charge on any atom is -0.481 e. The third-order valence-electron chi connectivity index (χ3n) is 14.1. The number of rotatable bonds is 21. The van der Waals surface area contributed by atoms with E-state index in [4.69, 9.17) is 37.7 Å². The molecule has 0 unspecified atom stereocenters. The number of halogens is 2. The second kappa shape index (κ2) is 23.1. The van der Waals surface area contributed by atoms with Gasteiger partial charge in [-0.15, -0.1) is 0 Å². The molecule has 0 saturated carbocycles. The Balaban J connectivity index is 1.07. The lowest BCUT2D eigenvalue weighted by Gasteiger charge is -2.37. The first-order valence-corrected chi connectivity index (χ1v) is 25.2. The van der Waals surface area contributed by atoms with Gasteiger partial charge in [0.15, 0.2) is 0 Å². The Bertz CT molecular complexity index is 2530. The minimum absolute atomic E-state index is 0.0948. The fraction of sp³-hybridized carbons (Fsp3) is 0.464. The lowest BCUT2D eigenvalue weighted by Crippen LogP contribution is -2.51. The number of likely N-dealkylation sites (tertiary alicyclic amines) is 1. The van der Waals surface area contributed by atoms with Crippen LogP contribution < -0.4 is 4.74 Å². The molecule has 2 aliphatic rings. The highest BCUT2D eigenvalue weighted by Crippen LogP contribution is 2.41. The first-order chi connectivity index (χ1) is 32.9. The van der Waals surface area contributed by atoms with Crippen molar-refractivity contribution in [1.82, 2.24) is 24.3 Å². The van der Waals surface area contributed by atoms with Crippen LogP contribution in [0.15, 0.2) is 97.2 Å². The zero-order chi connectivity index (χ0) is 49.4. The van der Waals surface area contributed by atoms with Gasteiger partial charge < -0.3 is 28.9 Å². The van der Waals surface area contributed by atoms with Gasteiger partial charge in [-0.05, 0) is 161 Å². The normalized spacial score (nSPS) is 16.7. The summed E-state index contributed by atoms with van der Waals surface area (Å²) < 4.78 is 15.1. The number of ether oxygens (including phenoxy) is 2. The summed E-state index contributed by atoms with van der Waals surface area (Å²) in [5.41, 5.74) is 5.72. The number of aromatic nitrogens is 2. The molecule has 0 radical (unpaired) electrons. The molecule has 7 rings (SSSR count). The average Bonchev–Trinajstić information content (AvgIpc) is 4.09. The molecule has 1 N–H and O–H groups in total. The van der Waals surface area contributed by atoms with Crippen molar-refractivity contribution in [1.29, 1.82) is 0 Å². The van der Waals surface area contributed by atoms with Gasteiger partial charge in [-0.1, -0.05) is 72.6 Å². The molecule has 5 aromatic rings. The third-order valence-corrected chi connectivity index (χ3v) is 14.6. The summed E-state index contributed by atoms with van der Waals surface area (Å²) in [4.78, 5) is 52.4. The molecule has 4 aromatic carbocycles. The van der Waals surface area contributed by atoms with E-state index >= 15 is 4.79 Å². The molecule has 69 heavy (non-hydrogen) atoms. The van der Waals surface area contributed by atoms with Crippen LogP contribution in [0.3, 0.4) is 0 Å². The standard InChI is InChI=1S/C56H69Cl2N5O6/c1-37(14-17-41-18-24-43(58)31-51(41)69-45-25-19-40(20-26-45)50-33-59-52(62(50)7)35-63-28-10-11-29-63)49(36-68-56(2,3)4)55(67)61(6)44(30-38-15-22-42(57)23-16-38)34-60(5)54(66)48(32-53(64)65)47-27-21-39-12-8-9-13-46(39)47/h8-9,12-13,15-16,18-20,22-26,31,33,37,44,47-49H,10-11,14,17,21,27-30,32,34-36H2,1-7H3,(H,64,65)/t37-,44-,47+,48+,49-/m1/s1. The number of imidazole rings is 1. The highest BCUT2D eigenvalue weighted by atomic mass is 35.5. The van der Waals surface area contributed by atoms with Gasteiger partial charge in [0, 0.05) is 43.3 Å². The Morgan fingerprint density at radius 3 is 2.30 bits per heavy atom. The Morgan fingerprint density at radius 1 is 0.913 bits per heavy atom. The maximum Gasteiger partial charge on any atom is 0.304 e. The molecule has 1 fully saturated rings.